The molecule has 0 radical (unpaired) electrons. The Morgan fingerprint density at radius 1 is 1.50 bits per heavy atom. The summed E-state index contributed by atoms with van der Waals surface area (Å²) in [6, 6.07) is 3.95. The van der Waals surface area contributed by atoms with E-state index >= 15 is 0 Å². The molecular weight excluding hydrogens is 284 g/mol. The molecule has 0 saturated carbocycles. The number of nitrogens with zero attached hydrogens (tertiary/aromatic N) is 2. The van der Waals surface area contributed by atoms with Crippen molar-refractivity contribution in [2.24, 2.45) is 0 Å². The van der Waals surface area contributed by atoms with Crippen molar-refractivity contribution in [3.63, 3.8) is 0 Å². The number of nitrogens with one attached hydrogen (secondary N) is 2. The number of furan rings is 1. The van der Waals surface area contributed by atoms with E-state index in [1.54, 1.807) is 17.1 Å². The number of amides is 1. The Bertz CT molecular complexity index is 605. The van der Waals surface area contributed by atoms with Crippen LogP contribution in [0.4, 0.5) is 5.69 Å². The summed E-state index contributed by atoms with van der Waals surface area (Å²) in [5, 5.41) is 18.7. The molecule has 3 N–H and O–H groups in total. The van der Waals surface area contributed by atoms with Crippen molar-refractivity contribution in [3.8, 4) is 0 Å². The topological polar surface area (TPSA) is 92.3 Å². The van der Waals surface area contributed by atoms with Crippen LogP contribution >= 0.6 is 0 Å². The fourth-order valence-electron chi connectivity index (χ4n) is 2.06. The Morgan fingerprint density at radius 3 is 3.00 bits per heavy atom. The highest BCUT2D eigenvalue weighted by Crippen LogP contribution is 2.21. The van der Waals surface area contributed by atoms with Crippen LogP contribution in [0.1, 0.15) is 31.4 Å². The molecule has 7 heteroatoms. The standard InChI is InChI=1S/C15H22N4O3/c1-3-13-4-5-14(22-13)11(2)18-12-8-17-19(9-12)10-15(21)16-6-7-20/h4-5,8-9,11,18,20H,3,6-7,10H2,1-2H3,(H,16,21). The van der Waals surface area contributed by atoms with Crippen LogP contribution in [0, 0.1) is 0 Å². The molecule has 0 saturated heterocycles. The van der Waals surface area contributed by atoms with Gasteiger partial charge in [0.1, 0.15) is 18.1 Å². The first-order valence-electron chi connectivity index (χ1n) is 7.37. The van der Waals surface area contributed by atoms with Crippen LogP contribution in [0.5, 0.6) is 0 Å². The summed E-state index contributed by atoms with van der Waals surface area (Å²) in [6.07, 6.45) is 4.30. The van der Waals surface area contributed by atoms with Crippen LogP contribution < -0.4 is 10.6 Å². The van der Waals surface area contributed by atoms with Gasteiger partial charge in [0.05, 0.1) is 24.5 Å². The van der Waals surface area contributed by atoms with Crippen molar-refractivity contribution in [3.05, 3.63) is 36.0 Å². The van der Waals surface area contributed by atoms with Gasteiger partial charge in [0, 0.05) is 19.2 Å². The van der Waals surface area contributed by atoms with Gasteiger partial charge >= 0.3 is 0 Å². The minimum atomic E-state index is -0.185. The van der Waals surface area contributed by atoms with Crippen LogP contribution in [0.2, 0.25) is 0 Å². The third-order valence-corrected chi connectivity index (χ3v) is 3.21. The maximum absolute atomic E-state index is 11.5. The molecule has 0 bridgehead atoms. The fourth-order valence-corrected chi connectivity index (χ4v) is 2.06. The molecule has 2 aromatic heterocycles. The first kappa shape index (κ1) is 16.1. The lowest BCUT2D eigenvalue weighted by Crippen LogP contribution is -2.30. The van der Waals surface area contributed by atoms with Crippen molar-refractivity contribution in [1.29, 1.82) is 0 Å². The Balaban J connectivity index is 1.89. The first-order chi connectivity index (χ1) is 10.6. The predicted molar refractivity (Wildman–Crippen MR) is 82.4 cm³/mol. The zero-order valence-electron chi connectivity index (χ0n) is 12.9. The number of hydrogen-bond donors (Lipinski definition) is 3. The van der Waals surface area contributed by atoms with E-state index in [4.69, 9.17) is 9.52 Å². The highest BCUT2D eigenvalue weighted by molar-refractivity contribution is 5.75. The largest absolute Gasteiger partial charge is 0.464 e. The molecule has 0 aromatic carbocycles. The number of aliphatic hydroxyl groups excluding tert-OH is 1. The number of aryl methyl sites for hydroxylation is 1. The van der Waals surface area contributed by atoms with Crippen LogP contribution in [0.15, 0.2) is 28.9 Å². The van der Waals surface area contributed by atoms with Gasteiger partial charge in [0.25, 0.3) is 0 Å². The maximum Gasteiger partial charge on any atom is 0.241 e. The summed E-state index contributed by atoms with van der Waals surface area (Å²) in [5.41, 5.74) is 0.817. The lowest BCUT2D eigenvalue weighted by molar-refractivity contribution is -0.122. The second-order valence-corrected chi connectivity index (χ2v) is 5.02. The summed E-state index contributed by atoms with van der Waals surface area (Å²) >= 11 is 0. The Hall–Kier alpha value is -2.28. The van der Waals surface area contributed by atoms with Gasteiger partial charge in [-0.25, -0.2) is 0 Å². The number of hydrogen-bond acceptors (Lipinski definition) is 5. The highest BCUT2D eigenvalue weighted by atomic mass is 16.3. The van der Waals surface area contributed by atoms with Gasteiger partial charge in [-0.15, -0.1) is 0 Å². The Labute approximate surface area is 129 Å². The molecular formula is C15H22N4O3. The zero-order valence-corrected chi connectivity index (χ0v) is 12.9. The lowest BCUT2D eigenvalue weighted by atomic mass is 10.2. The molecule has 0 aliphatic carbocycles. The Morgan fingerprint density at radius 2 is 2.32 bits per heavy atom. The lowest BCUT2D eigenvalue weighted by Gasteiger charge is -2.10. The summed E-state index contributed by atoms with van der Waals surface area (Å²) in [7, 11) is 0. The third-order valence-electron chi connectivity index (χ3n) is 3.21. The number of carbonyl (C=O) groups excluding carboxylic acids is 1. The molecule has 1 atom stereocenters. The van der Waals surface area contributed by atoms with Crippen molar-refractivity contribution in [1.82, 2.24) is 15.1 Å². The van der Waals surface area contributed by atoms with Gasteiger partial charge in [-0.05, 0) is 19.1 Å². The van der Waals surface area contributed by atoms with Gasteiger partial charge in [0.2, 0.25) is 5.91 Å². The monoisotopic (exact) mass is 306 g/mol. The van der Waals surface area contributed by atoms with E-state index in [-0.39, 0.29) is 31.6 Å². The molecule has 7 nitrogen and oxygen atoms in total. The van der Waals surface area contributed by atoms with E-state index in [0.29, 0.717) is 0 Å². The number of rotatable bonds is 8. The smallest absolute Gasteiger partial charge is 0.241 e. The Kier molecular flexibility index (Phi) is 5.60. The van der Waals surface area contributed by atoms with Crippen molar-refractivity contribution >= 4 is 11.6 Å². The van der Waals surface area contributed by atoms with E-state index < -0.39 is 0 Å². The van der Waals surface area contributed by atoms with E-state index in [1.807, 2.05) is 26.0 Å². The quantitative estimate of drug-likeness (QED) is 0.684. The minimum Gasteiger partial charge on any atom is -0.464 e. The SMILES string of the molecule is CCc1ccc(C(C)Nc2cnn(CC(=O)NCCO)c2)o1. The normalized spacial score (nSPS) is 12.1. The summed E-state index contributed by atoms with van der Waals surface area (Å²) in [5.74, 6) is 1.64. The average Bonchev–Trinajstić information content (AvgIpc) is 3.14. The number of anilines is 1. The molecule has 120 valence electrons. The molecule has 22 heavy (non-hydrogen) atoms. The minimum absolute atomic E-state index is 0.0150. The highest BCUT2D eigenvalue weighted by Gasteiger charge is 2.11. The van der Waals surface area contributed by atoms with E-state index in [9.17, 15) is 4.79 Å². The molecule has 2 aromatic rings. The van der Waals surface area contributed by atoms with E-state index in [1.165, 1.54) is 0 Å². The van der Waals surface area contributed by atoms with E-state index in [2.05, 4.69) is 15.7 Å². The van der Waals surface area contributed by atoms with Crippen LogP contribution in [0.25, 0.3) is 0 Å². The number of aromatic nitrogens is 2. The second kappa shape index (κ2) is 7.65. The summed E-state index contributed by atoms with van der Waals surface area (Å²) in [6.45, 7) is 4.35. The molecule has 0 spiro atoms. The van der Waals surface area contributed by atoms with Crippen molar-refractivity contribution in [2.45, 2.75) is 32.9 Å². The third kappa shape index (κ3) is 4.36. The number of carbonyl (C=O) groups is 1. The average molecular weight is 306 g/mol. The van der Waals surface area contributed by atoms with Crippen LogP contribution in [0.3, 0.4) is 0 Å². The molecule has 0 fully saturated rings. The second-order valence-electron chi connectivity index (χ2n) is 5.02. The van der Waals surface area contributed by atoms with Crippen LogP contribution in [-0.2, 0) is 17.8 Å². The molecule has 0 aliphatic rings. The van der Waals surface area contributed by atoms with Crippen LogP contribution in [-0.4, -0.2) is 33.9 Å². The van der Waals surface area contributed by atoms with Gasteiger partial charge in [-0.1, -0.05) is 6.92 Å². The summed E-state index contributed by atoms with van der Waals surface area (Å²) in [4.78, 5) is 11.5. The molecule has 2 heterocycles. The fraction of sp³-hybridized carbons (Fsp3) is 0.467. The maximum atomic E-state index is 11.5. The number of aliphatic hydroxyl groups is 1. The van der Waals surface area contributed by atoms with Gasteiger partial charge in [0.15, 0.2) is 0 Å². The first-order valence-corrected chi connectivity index (χ1v) is 7.37. The van der Waals surface area contributed by atoms with Gasteiger partial charge < -0.3 is 20.2 Å². The molecule has 2 rings (SSSR count). The predicted octanol–water partition coefficient (Wildman–Crippen LogP) is 1.32. The molecule has 1 unspecified atom stereocenters. The van der Waals surface area contributed by atoms with Gasteiger partial charge in [-0.2, -0.15) is 5.10 Å². The van der Waals surface area contributed by atoms with Gasteiger partial charge in [-0.3, -0.25) is 9.48 Å². The van der Waals surface area contributed by atoms with Crippen molar-refractivity contribution in [2.75, 3.05) is 18.5 Å². The van der Waals surface area contributed by atoms with E-state index in [0.717, 1.165) is 23.6 Å². The molecule has 0 aliphatic heterocycles. The zero-order chi connectivity index (χ0) is 15.9. The van der Waals surface area contributed by atoms with Crippen molar-refractivity contribution < 1.29 is 14.3 Å². The molecule has 1 amide bonds. The summed E-state index contributed by atoms with van der Waals surface area (Å²) < 4.78 is 7.25.